The van der Waals surface area contributed by atoms with Crippen LogP contribution in [0.3, 0.4) is 0 Å². The van der Waals surface area contributed by atoms with Gasteiger partial charge in [0.2, 0.25) is 0 Å². The average molecular weight is 192 g/mol. The standard InChI is InChI=1S/C6H12N2O3S/c1-2-12(10,11)4-6(9)5(8)3-7/h2,5H,1,3-4,7-8H2. The van der Waals surface area contributed by atoms with E-state index >= 15 is 0 Å². The van der Waals surface area contributed by atoms with Crippen LogP contribution in [0, 0.1) is 0 Å². The molecule has 4 N–H and O–H groups in total. The molecule has 1 atom stereocenters. The summed E-state index contributed by atoms with van der Waals surface area (Å²) < 4.78 is 21.6. The molecule has 6 heteroatoms. The van der Waals surface area contributed by atoms with Gasteiger partial charge >= 0.3 is 0 Å². The Morgan fingerprint density at radius 3 is 2.42 bits per heavy atom. The highest BCUT2D eigenvalue weighted by Gasteiger charge is 2.17. The molecule has 0 bridgehead atoms. The summed E-state index contributed by atoms with van der Waals surface area (Å²) in [6.07, 6.45) is 0. The molecular weight excluding hydrogens is 180 g/mol. The minimum atomic E-state index is -3.50. The molecule has 5 nitrogen and oxygen atoms in total. The van der Waals surface area contributed by atoms with Gasteiger partial charge < -0.3 is 11.5 Å². The summed E-state index contributed by atoms with van der Waals surface area (Å²) in [6, 6.07) is -0.903. The number of sulfone groups is 1. The second kappa shape index (κ2) is 4.34. The van der Waals surface area contributed by atoms with Gasteiger partial charge in [-0.05, 0) is 0 Å². The van der Waals surface area contributed by atoms with Crippen LogP contribution in [0.5, 0.6) is 0 Å². The maximum atomic E-state index is 10.9. The highest BCUT2D eigenvalue weighted by atomic mass is 32.2. The minimum Gasteiger partial charge on any atom is -0.328 e. The van der Waals surface area contributed by atoms with E-state index in [9.17, 15) is 13.2 Å². The molecule has 0 saturated carbocycles. The zero-order valence-electron chi connectivity index (χ0n) is 6.56. The third-order valence-electron chi connectivity index (χ3n) is 1.26. The largest absolute Gasteiger partial charge is 0.328 e. The van der Waals surface area contributed by atoms with Gasteiger partial charge in [-0.15, -0.1) is 0 Å². The summed E-state index contributed by atoms with van der Waals surface area (Å²) >= 11 is 0. The molecule has 12 heavy (non-hydrogen) atoms. The smallest absolute Gasteiger partial charge is 0.178 e. The maximum Gasteiger partial charge on any atom is 0.178 e. The van der Waals surface area contributed by atoms with Crippen molar-refractivity contribution in [3.05, 3.63) is 12.0 Å². The Bertz CT molecular complexity index is 271. The Labute approximate surface area is 71.3 Å². The minimum absolute atomic E-state index is 0.0501. The topological polar surface area (TPSA) is 103 Å². The normalized spacial score (nSPS) is 13.8. The first-order valence-corrected chi connectivity index (χ1v) is 4.98. The number of rotatable bonds is 5. The van der Waals surface area contributed by atoms with Crippen molar-refractivity contribution in [1.29, 1.82) is 0 Å². The van der Waals surface area contributed by atoms with Gasteiger partial charge in [-0.3, -0.25) is 4.79 Å². The lowest BCUT2D eigenvalue weighted by molar-refractivity contribution is -0.117. The Morgan fingerprint density at radius 2 is 2.08 bits per heavy atom. The molecule has 0 fully saturated rings. The predicted octanol–water partition coefficient (Wildman–Crippen LogP) is -1.60. The van der Waals surface area contributed by atoms with E-state index in [-0.39, 0.29) is 6.54 Å². The van der Waals surface area contributed by atoms with Crippen molar-refractivity contribution >= 4 is 15.6 Å². The van der Waals surface area contributed by atoms with E-state index in [0.717, 1.165) is 5.41 Å². The molecular formula is C6H12N2O3S. The quantitative estimate of drug-likeness (QED) is 0.546. The number of carbonyl (C=O) groups is 1. The highest BCUT2D eigenvalue weighted by Crippen LogP contribution is 1.93. The zero-order valence-corrected chi connectivity index (χ0v) is 7.38. The van der Waals surface area contributed by atoms with E-state index in [1.165, 1.54) is 0 Å². The molecule has 0 aliphatic carbocycles. The molecule has 0 aromatic heterocycles. The number of nitrogens with two attached hydrogens (primary N) is 2. The monoisotopic (exact) mass is 192 g/mol. The number of Topliss-reactive ketones (excluding diaryl/α,β-unsaturated/α-hetero) is 1. The van der Waals surface area contributed by atoms with E-state index in [1.807, 2.05) is 0 Å². The number of carbonyl (C=O) groups excluding carboxylic acids is 1. The van der Waals surface area contributed by atoms with Gasteiger partial charge in [0.1, 0.15) is 5.75 Å². The van der Waals surface area contributed by atoms with Crippen molar-refractivity contribution in [2.45, 2.75) is 6.04 Å². The molecule has 0 aliphatic heterocycles. The lowest BCUT2D eigenvalue weighted by atomic mass is 10.2. The summed E-state index contributed by atoms with van der Waals surface area (Å²) in [4.78, 5) is 10.9. The lowest BCUT2D eigenvalue weighted by Gasteiger charge is -2.05. The van der Waals surface area contributed by atoms with E-state index in [0.29, 0.717) is 0 Å². The molecule has 0 rings (SSSR count). The summed E-state index contributed by atoms with van der Waals surface area (Å²) in [5.41, 5.74) is 10.3. The summed E-state index contributed by atoms with van der Waals surface area (Å²) in [6.45, 7) is 3.01. The van der Waals surface area contributed by atoms with Gasteiger partial charge in [0.15, 0.2) is 15.6 Å². The van der Waals surface area contributed by atoms with Crippen molar-refractivity contribution in [3.63, 3.8) is 0 Å². The molecule has 0 radical (unpaired) electrons. The van der Waals surface area contributed by atoms with Crippen LogP contribution in [-0.4, -0.2) is 32.5 Å². The Morgan fingerprint density at radius 1 is 1.58 bits per heavy atom. The number of ketones is 1. The molecule has 70 valence electrons. The van der Waals surface area contributed by atoms with Crippen LogP contribution in [0.4, 0.5) is 0 Å². The first kappa shape index (κ1) is 11.3. The molecule has 0 spiro atoms. The fourth-order valence-electron chi connectivity index (χ4n) is 0.496. The van der Waals surface area contributed by atoms with Crippen molar-refractivity contribution in [1.82, 2.24) is 0 Å². The van der Waals surface area contributed by atoms with Crippen molar-refractivity contribution < 1.29 is 13.2 Å². The maximum absolute atomic E-state index is 10.9. The van der Waals surface area contributed by atoms with Crippen LogP contribution < -0.4 is 11.5 Å². The van der Waals surface area contributed by atoms with Gasteiger partial charge in [-0.25, -0.2) is 8.42 Å². The third kappa shape index (κ3) is 3.61. The number of hydrogen-bond donors (Lipinski definition) is 2. The van der Waals surface area contributed by atoms with Gasteiger partial charge in [0.25, 0.3) is 0 Å². The Balaban J connectivity index is 4.29. The first-order chi connectivity index (χ1) is 5.43. The molecule has 0 aliphatic rings. The molecule has 0 saturated heterocycles. The van der Waals surface area contributed by atoms with Gasteiger partial charge in [0.05, 0.1) is 6.04 Å². The highest BCUT2D eigenvalue weighted by molar-refractivity contribution is 7.94. The zero-order chi connectivity index (χ0) is 9.78. The van der Waals surface area contributed by atoms with Crippen molar-refractivity contribution in [2.24, 2.45) is 11.5 Å². The average Bonchev–Trinajstić information content (AvgIpc) is 2.02. The van der Waals surface area contributed by atoms with E-state index in [2.05, 4.69) is 6.58 Å². The molecule has 0 heterocycles. The molecule has 0 aromatic rings. The lowest BCUT2D eigenvalue weighted by Crippen LogP contribution is -2.40. The third-order valence-corrected chi connectivity index (χ3v) is 2.46. The summed E-state index contributed by atoms with van der Waals surface area (Å²) in [5, 5.41) is 0.730. The fraction of sp³-hybridized carbons (Fsp3) is 0.500. The Kier molecular flexibility index (Phi) is 4.08. The van der Waals surface area contributed by atoms with Gasteiger partial charge in [-0.2, -0.15) is 0 Å². The van der Waals surface area contributed by atoms with Crippen LogP contribution in [0.25, 0.3) is 0 Å². The first-order valence-electron chi connectivity index (χ1n) is 3.26. The van der Waals surface area contributed by atoms with Crippen molar-refractivity contribution in [2.75, 3.05) is 12.3 Å². The van der Waals surface area contributed by atoms with E-state index in [1.54, 1.807) is 0 Å². The molecule has 1 unspecified atom stereocenters. The van der Waals surface area contributed by atoms with Gasteiger partial charge in [-0.1, -0.05) is 6.58 Å². The van der Waals surface area contributed by atoms with Crippen LogP contribution in [0.1, 0.15) is 0 Å². The van der Waals surface area contributed by atoms with Crippen LogP contribution >= 0.6 is 0 Å². The van der Waals surface area contributed by atoms with E-state index < -0.39 is 27.4 Å². The van der Waals surface area contributed by atoms with E-state index in [4.69, 9.17) is 11.5 Å². The Hall–Kier alpha value is -0.720. The van der Waals surface area contributed by atoms with Gasteiger partial charge in [0, 0.05) is 12.0 Å². The molecule has 0 aromatic carbocycles. The van der Waals surface area contributed by atoms with Crippen LogP contribution in [0.2, 0.25) is 0 Å². The van der Waals surface area contributed by atoms with Crippen LogP contribution in [0.15, 0.2) is 12.0 Å². The number of hydrogen-bond acceptors (Lipinski definition) is 5. The second-order valence-electron chi connectivity index (χ2n) is 2.28. The summed E-state index contributed by atoms with van der Waals surface area (Å²) in [7, 11) is -3.50. The fourth-order valence-corrected chi connectivity index (χ4v) is 1.22. The predicted molar refractivity (Wildman–Crippen MR) is 46.0 cm³/mol. The SMILES string of the molecule is C=CS(=O)(=O)CC(=O)C(N)CN. The van der Waals surface area contributed by atoms with Crippen LogP contribution in [-0.2, 0) is 14.6 Å². The summed E-state index contributed by atoms with van der Waals surface area (Å²) in [5.74, 6) is -1.20. The molecule has 0 amide bonds. The van der Waals surface area contributed by atoms with Crippen molar-refractivity contribution in [3.8, 4) is 0 Å². The second-order valence-corrected chi connectivity index (χ2v) is 4.23.